The molecule has 0 radical (unpaired) electrons. The van der Waals surface area contributed by atoms with Crippen molar-refractivity contribution in [2.24, 2.45) is 5.73 Å². The van der Waals surface area contributed by atoms with Crippen molar-refractivity contribution >= 4 is 5.78 Å². The van der Waals surface area contributed by atoms with Crippen LogP contribution in [0.3, 0.4) is 0 Å². The number of nitrogens with zero attached hydrogens (tertiary/aromatic N) is 1. The molecular formula is C14H18F2N2O. The summed E-state index contributed by atoms with van der Waals surface area (Å²) in [5, 5.41) is 0. The summed E-state index contributed by atoms with van der Waals surface area (Å²) >= 11 is 0. The Kier molecular flexibility index (Phi) is 4.27. The quantitative estimate of drug-likeness (QED) is 0.852. The maximum Gasteiger partial charge on any atom is 0.179 e. The van der Waals surface area contributed by atoms with Crippen LogP contribution in [-0.2, 0) is 0 Å². The van der Waals surface area contributed by atoms with Crippen LogP contribution in [0.15, 0.2) is 18.2 Å². The molecule has 1 atom stereocenters. The maximum absolute atomic E-state index is 13.1. The summed E-state index contributed by atoms with van der Waals surface area (Å²) in [6.07, 6.45) is 1.71. The number of piperidine rings is 1. The van der Waals surface area contributed by atoms with Crippen LogP contribution in [-0.4, -0.2) is 35.9 Å². The first-order valence-corrected chi connectivity index (χ1v) is 6.48. The molecule has 1 heterocycles. The van der Waals surface area contributed by atoms with Crippen molar-refractivity contribution < 1.29 is 13.6 Å². The lowest BCUT2D eigenvalue weighted by Gasteiger charge is -2.34. The average Bonchev–Trinajstić information content (AvgIpc) is 2.41. The van der Waals surface area contributed by atoms with Crippen LogP contribution in [0.25, 0.3) is 0 Å². The van der Waals surface area contributed by atoms with Gasteiger partial charge in [-0.1, -0.05) is 0 Å². The van der Waals surface area contributed by atoms with Crippen LogP contribution in [0.4, 0.5) is 8.78 Å². The number of carbonyl (C=O) groups excluding carboxylic acids is 1. The Morgan fingerprint density at radius 2 is 1.95 bits per heavy atom. The third-order valence-electron chi connectivity index (χ3n) is 3.71. The van der Waals surface area contributed by atoms with E-state index in [4.69, 9.17) is 5.73 Å². The second-order valence-electron chi connectivity index (χ2n) is 5.04. The molecule has 1 aromatic carbocycles. The Bertz CT molecular complexity index is 471. The SMILES string of the molecule is CC(C(=O)c1ccc(F)c(F)c1)N1CCC(N)CC1. The Hall–Kier alpha value is -1.33. The van der Waals surface area contributed by atoms with E-state index in [1.54, 1.807) is 6.92 Å². The van der Waals surface area contributed by atoms with E-state index in [0.29, 0.717) is 0 Å². The molecule has 0 spiro atoms. The molecule has 1 unspecified atom stereocenters. The maximum atomic E-state index is 13.1. The van der Waals surface area contributed by atoms with Crippen molar-refractivity contribution in [2.75, 3.05) is 13.1 Å². The summed E-state index contributed by atoms with van der Waals surface area (Å²) in [5.74, 6) is -2.11. The number of benzene rings is 1. The number of hydrogen-bond donors (Lipinski definition) is 1. The molecular weight excluding hydrogens is 250 g/mol. The number of halogens is 2. The highest BCUT2D eigenvalue weighted by atomic mass is 19.2. The molecule has 0 aliphatic carbocycles. The van der Waals surface area contributed by atoms with Gasteiger partial charge in [-0.2, -0.15) is 0 Å². The first-order valence-electron chi connectivity index (χ1n) is 6.48. The Morgan fingerprint density at radius 3 is 2.53 bits per heavy atom. The van der Waals surface area contributed by atoms with Gasteiger partial charge in [0.1, 0.15) is 0 Å². The van der Waals surface area contributed by atoms with Gasteiger partial charge in [0.2, 0.25) is 0 Å². The molecule has 2 N–H and O–H groups in total. The zero-order valence-corrected chi connectivity index (χ0v) is 10.9. The zero-order chi connectivity index (χ0) is 14.0. The summed E-state index contributed by atoms with van der Waals surface area (Å²) < 4.78 is 26.0. The molecule has 5 heteroatoms. The smallest absolute Gasteiger partial charge is 0.179 e. The molecule has 1 aliphatic rings. The lowest BCUT2D eigenvalue weighted by Crippen LogP contribution is -2.46. The molecule has 19 heavy (non-hydrogen) atoms. The molecule has 0 bridgehead atoms. The van der Waals surface area contributed by atoms with Gasteiger partial charge in [-0.15, -0.1) is 0 Å². The number of Topliss-reactive ketones (excluding diaryl/α,β-unsaturated/α-hetero) is 1. The molecule has 3 nitrogen and oxygen atoms in total. The third-order valence-corrected chi connectivity index (χ3v) is 3.71. The standard InChI is InChI=1S/C14H18F2N2O/c1-9(18-6-4-11(17)5-7-18)14(19)10-2-3-12(15)13(16)8-10/h2-3,8-9,11H,4-7,17H2,1H3. The zero-order valence-electron chi connectivity index (χ0n) is 10.9. The van der Waals surface area contributed by atoms with Gasteiger partial charge in [0.05, 0.1) is 6.04 Å². The van der Waals surface area contributed by atoms with E-state index in [1.165, 1.54) is 6.07 Å². The van der Waals surface area contributed by atoms with Crippen LogP contribution in [0.1, 0.15) is 30.1 Å². The first-order chi connectivity index (χ1) is 8.99. The van der Waals surface area contributed by atoms with Gasteiger partial charge < -0.3 is 5.73 Å². The van der Waals surface area contributed by atoms with Gasteiger partial charge in [0.15, 0.2) is 17.4 Å². The van der Waals surface area contributed by atoms with Gasteiger partial charge in [-0.3, -0.25) is 9.69 Å². The van der Waals surface area contributed by atoms with Gasteiger partial charge >= 0.3 is 0 Å². The molecule has 0 amide bonds. The molecule has 1 saturated heterocycles. The van der Waals surface area contributed by atoms with Crippen LogP contribution in [0, 0.1) is 11.6 Å². The fourth-order valence-corrected chi connectivity index (χ4v) is 2.36. The van der Waals surface area contributed by atoms with Crippen molar-refractivity contribution in [3.05, 3.63) is 35.4 Å². The van der Waals surface area contributed by atoms with E-state index in [9.17, 15) is 13.6 Å². The molecule has 1 fully saturated rings. The van der Waals surface area contributed by atoms with Crippen molar-refractivity contribution in [1.29, 1.82) is 0 Å². The van der Waals surface area contributed by atoms with Gasteiger partial charge in [-0.05, 0) is 38.0 Å². The normalized spacial score (nSPS) is 19.4. The van der Waals surface area contributed by atoms with E-state index in [1.807, 2.05) is 4.90 Å². The summed E-state index contributed by atoms with van der Waals surface area (Å²) in [4.78, 5) is 14.3. The van der Waals surface area contributed by atoms with Crippen LogP contribution in [0.2, 0.25) is 0 Å². The Labute approximate surface area is 111 Å². The third kappa shape index (κ3) is 3.16. The van der Waals surface area contributed by atoms with Crippen molar-refractivity contribution in [1.82, 2.24) is 4.90 Å². The van der Waals surface area contributed by atoms with Crippen LogP contribution >= 0.6 is 0 Å². The summed E-state index contributed by atoms with van der Waals surface area (Å²) in [5.41, 5.74) is 6.03. The van der Waals surface area contributed by atoms with E-state index in [-0.39, 0.29) is 23.4 Å². The van der Waals surface area contributed by atoms with E-state index in [0.717, 1.165) is 38.1 Å². The molecule has 2 rings (SSSR count). The monoisotopic (exact) mass is 268 g/mol. The second-order valence-corrected chi connectivity index (χ2v) is 5.04. The highest BCUT2D eigenvalue weighted by molar-refractivity contribution is 5.99. The van der Waals surface area contributed by atoms with Crippen molar-refractivity contribution in [2.45, 2.75) is 31.8 Å². The van der Waals surface area contributed by atoms with Crippen LogP contribution < -0.4 is 5.73 Å². The number of hydrogen-bond acceptors (Lipinski definition) is 3. The predicted molar refractivity (Wildman–Crippen MR) is 68.9 cm³/mol. The van der Waals surface area contributed by atoms with E-state index in [2.05, 4.69) is 0 Å². The molecule has 1 aliphatic heterocycles. The van der Waals surface area contributed by atoms with Gasteiger partial charge in [0, 0.05) is 24.7 Å². The molecule has 0 saturated carbocycles. The summed E-state index contributed by atoms with van der Waals surface area (Å²) in [7, 11) is 0. The largest absolute Gasteiger partial charge is 0.328 e. The lowest BCUT2D eigenvalue weighted by molar-refractivity contribution is 0.0797. The predicted octanol–water partition coefficient (Wildman–Crippen LogP) is 1.96. The molecule has 1 aromatic rings. The lowest BCUT2D eigenvalue weighted by atomic mass is 9.99. The van der Waals surface area contributed by atoms with E-state index < -0.39 is 11.6 Å². The fraction of sp³-hybridized carbons (Fsp3) is 0.500. The second kappa shape index (κ2) is 5.75. The Balaban J connectivity index is 2.08. The average molecular weight is 268 g/mol. The summed E-state index contributed by atoms with van der Waals surface area (Å²) in [6, 6.07) is 3.14. The minimum Gasteiger partial charge on any atom is -0.328 e. The summed E-state index contributed by atoms with van der Waals surface area (Å²) in [6.45, 7) is 3.32. The Morgan fingerprint density at radius 1 is 1.32 bits per heavy atom. The number of ketones is 1. The first kappa shape index (κ1) is 14.1. The van der Waals surface area contributed by atoms with Gasteiger partial charge in [-0.25, -0.2) is 8.78 Å². The van der Waals surface area contributed by atoms with Crippen molar-refractivity contribution in [3.63, 3.8) is 0 Å². The van der Waals surface area contributed by atoms with Crippen molar-refractivity contribution in [3.8, 4) is 0 Å². The molecule has 104 valence electrons. The number of rotatable bonds is 3. The number of carbonyl (C=O) groups is 1. The number of nitrogens with two attached hydrogens (primary N) is 1. The minimum atomic E-state index is -0.987. The molecule has 0 aromatic heterocycles. The highest BCUT2D eigenvalue weighted by Gasteiger charge is 2.26. The van der Waals surface area contributed by atoms with E-state index >= 15 is 0 Å². The minimum absolute atomic E-state index is 0.186. The highest BCUT2D eigenvalue weighted by Crippen LogP contribution is 2.16. The fourth-order valence-electron chi connectivity index (χ4n) is 2.36. The number of likely N-dealkylation sites (tertiary alicyclic amines) is 1. The topological polar surface area (TPSA) is 46.3 Å². The van der Waals surface area contributed by atoms with Gasteiger partial charge in [0.25, 0.3) is 0 Å². The van der Waals surface area contributed by atoms with Crippen LogP contribution in [0.5, 0.6) is 0 Å².